The molecule has 1 aromatic carbocycles. The van der Waals surface area contributed by atoms with Gasteiger partial charge in [-0.05, 0) is 46.5 Å². The lowest BCUT2D eigenvalue weighted by Crippen LogP contribution is -2.41. The highest BCUT2D eigenvalue weighted by Crippen LogP contribution is 2.46. The first-order valence-corrected chi connectivity index (χ1v) is 11.4. The van der Waals surface area contributed by atoms with Crippen molar-refractivity contribution in [2.24, 2.45) is 0 Å². The number of carboxylic acid groups (broad SMARTS) is 1. The van der Waals surface area contributed by atoms with Crippen LogP contribution in [0.15, 0.2) is 28.7 Å². The highest BCUT2D eigenvalue weighted by molar-refractivity contribution is 9.10. The van der Waals surface area contributed by atoms with E-state index in [1.54, 1.807) is 0 Å². The molecule has 1 amide bonds. The van der Waals surface area contributed by atoms with E-state index in [0.717, 1.165) is 29.0 Å². The Hall–Kier alpha value is -2.79. The minimum absolute atomic E-state index is 0.164. The normalized spacial score (nSPS) is 14.0. The van der Waals surface area contributed by atoms with Gasteiger partial charge in [-0.25, -0.2) is 14.4 Å². The predicted octanol–water partition coefficient (Wildman–Crippen LogP) is 4.07. The molecule has 1 aromatic heterocycles. The molecule has 1 aliphatic rings. The predicted molar refractivity (Wildman–Crippen MR) is 123 cm³/mol. The zero-order chi connectivity index (χ0) is 23.3. The standard InChI is InChI=1S/C21H23BrN2O7S/c1-29-15(25)11-31-17-16(22)18(32-19(17)20(26)30-2)12-4-3-5-14(10-12)23-13-6-8-24(9-7-13)21(27)28/h3-5,10,13,23H,6-9,11H2,1-2H3,(H,27,28). The van der Waals surface area contributed by atoms with Gasteiger partial charge in [0.25, 0.3) is 0 Å². The van der Waals surface area contributed by atoms with E-state index in [2.05, 4.69) is 26.0 Å². The molecular weight excluding hydrogens is 504 g/mol. The van der Waals surface area contributed by atoms with Crippen LogP contribution in [0.25, 0.3) is 10.4 Å². The molecule has 3 rings (SSSR count). The highest BCUT2D eigenvalue weighted by atomic mass is 79.9. The second-order valence-electron chi connectivity index (χ2n) is 7.03. The fourth-order valence-corrected chi connectivity index (χ4v) is 5.30. The molecule has 2 N–H and O–H groups in total. The molecule has 0 saturated carbocycles. The second-order valence-corrected chi connectivity index (χ2v) is 8.84. The number of carbonyl (C=O) groups excluding carboxylic acids is 2. The Kier molecular flexibility index (Phi) is 7.97. The lowest BCUT2D eigenvalue weighted by molar-refractivity contribution is -0.142. The SMILES string of the molecule is COC(=O)COc1c(C(=O)OC)sc(-c2cccc(NC3CCN(C(=O)O)CC3)c2)c1Br. The highest BCUT2D eigenvalue weighted by Gasteiger charge is 2.26. The van der Waals surface area contributed by atoms with Crippen molar-refractivity contribution in [1.29, 1.82) is 0 Å². The third-order valence-corrected chi connectivity index (χ3v) is 7.22. The number of hydrogen-bond acceptors (Lipinski definition) is 8. The van der Waals surface area contributed by atoms with Crippen LogP contribution in [0.2, 0.25) is 0 Å². The van der Waals surface area contributed by atoms with Crippen LogP contribution in [-0.4, -0.2) is 68.0 Å². The van der Waals surface area contributed by atoms with E-state index in [9.17, 15) is 14.4 Å². The molecule has 172 valence electrons. The van der Waals surface area contributed by atoms with E-state index >= 15 is 0 Å². The van der Waals surface area contributed by atoms with Gasteiger partial charge in [0.05, 0.1) is 23.6 Å². The number of carbonyl (C=O) groups is 3. The summed E-state index contributed by atoms with van der Waals surface area (Å²) in [5.41, 5.74) is 1.72. The van der Waals surface area contributed by atoms with Gasteiger partial charge in [0.1, 0.15) is 0 Å². The number of amides is 1. The number of likely N-dealkylation sites (tertiary alicyclic amines) is 1. The smallest absolute Gasteiger partial charge is 0.407 e. The summed E-state index contributed by atoms with van der Waals surface area (Å²) in [5, 5.41) is 12.6. The maximum Gasteiger partial charge on any atom is 0.407 e. The minimum atomic E-state index is -0.889. The van der Waals surface area contributed by atoms with Crippen molar-refractivity contribution in [1.82, 2.24) is 4.90 Å². The van der Waals surface area contributed by atoms with Crippen molar-refractivity contribution in [2.45, 2.75) is 18.9 Å². The number of benzene rings is 1. The first kappa shape index (κ1) is 23.9. The van der Waals surface area contributed by atoms with Gasteiger partial charge in [0.2, 0.25) is 0 Å². The molecule has 1 fully saturated rings. The summed E-state index contributed by atoms with van der Waals surface area (Å²) in [6.07, 6.45) is 0.550. The summed E-state index contributed by atoms with van der Waals surface area (Å²) < 4.78 is 15.5. The number of esters is 2. The van der Waals surface area contributed by atoms with Crippen LogP contribution in [0, 0.1) is 0 Å². The van der Waals surface area contributed by atoms with Crippen LogP contribution in [0.1, 0.15) is 22.5 Å². The molecule has 9 nitrogen and oxygen atoms in total. The van der Waals surface area contributed by atoms with E-state index in [1.165, 1.54) is 30.5 Å². The lowest BCUT2D eigenvalue weighted by Gasteiger charge is -2.31. The molecule has 0 unspecified atom stereocenters. The van der Waals surface area contributed by atoms with Crippen molar-refractivity contribution in [2.75, 3.05) is 39.2 Å². The van der Waals surface area contributed by atoms with Crippen LogP contribution < -0.4 is 10.1 Å². The van der Waals surface area contributed by atoms with Crippen LogP contribution in [0.4, 0.5) is 10.5 Å². The molecule has 32 heavy (non-hydrogen) atoms. The Labute approximate surface area is 197 Å². The number of anilines is 1. The zero-order valence-corrected chi connectivity index (χ0v) is 20.0. The summed E-state index contributed by atoms with van der Waals surface area (Å²) in [4.78, 5) is 37.2. The average molecular weight is 527 g/mol. The molecule has 1 aliphatic heterocycles. The number of thiophene rings is 1. The molecule has 2 aromatic rings. The van der Waals surface area contributed by atoms with E-state index in [1.807, 2.05) is 24.3 Å². The molecule has 2 heterocycles. The van der Waals surface area contributed by atoms with Gasteiger partial charge in [-0.15, -0.1) is 11.3 Å². The van der Waals surface area contributed by atoms with Gasteiger partial charge in [0, 0.05) is 24.8 Å². The van der Waals surface area contributed by atoms with Gasteiger partial charge in [0.15, 0.2) is 17.2 Å². The molecule has 1 saturated heterocycles. The monoisotopic (exact) mass is 526 g/mol. The summed E-state index contributed by atoms with van der Waals surface area (Å²) in [6.45, 7) is 0.644. The number of halogens is 1. The van der Waals surface area contributed by atoms with Gasteiger partial charge in [-0.2, -0.15) is 0 Å². The number of piperidine rings is 1. The number of rotatable bonds is 7. The second kappa shape index (κ2) is 10.7. The zero-order valence-electron chi connectivity index (χ0n) is 17.6. The van der Waals surface area contributed by atoms with Crippen LogP contribution in [-0.2, 0) is 14.3 Å². The molecular formula is C21H23BrN2O7S. The summed E-state index contributed by atoms with van der Waals surface area (Å²) >= 11 is 4.69. The minimum Gasteiger partial charge on any atom is -0.479 e. The van der Waals surface area contributed by atoms with Gasteiger partial charge in [-0.1, -0.05) is 12.1 Å². The van der Waals surface area contributed by atoms with Crippen molar-refractivity contribution in [3.63, 3.8) is 0 Å². The van der Waals surface area contributed by atoms with Crippen molar-refractivity contribution in [3.8, 4) is 16.2 Å². The van der Waals surface area contributed by atoms with Crippen LogP contribution >= 0.6 is 27.3 Å². The summed E-state index contributed by atoms with van der Waals surface area (Å²) in [5.74, 6) is -0.913. The number of methoxy groups -OCH3 is 2. The number of ether oxygens (including phenoxy) is 3. The fraction of sp³-hybridized carbons (Fsp3) is 0.381. The third-order valence-electron chi connectivity index (χ3n) is 5.00. The van der Waals surface area contributed by atoms with Crippen LogP contribution in [0.3, 0.4) is 0 Å². The lowest BCUT2D eigenvalue weighted by atomic mass is 10.0. The van der Waals surface area contributed by atoms with E-state index < -0.39 is 18.0 Å². The van der Waals surface area contributed by atoms with Gasteiger partial charge in [-0.3, -0.25) is 0 Å². The maximum absolute atomic E-state index is 12.3. The Morgan fingerprint density at radius 3 is 2.56 bits per heavy atom. The van der Waals surface area contributed by atoms with E-state index in [-0.39, 0.29) is 23.3 Å². The van der Waals surface area contributed by atoms with Gasteiger partial charge < -0.3 is 29.5 Å². The Morgan fingerprint density at radius 2 is 1.94 bits per heavy atom. The molecule has 0 aliphatic carbocycles. The van der Waals surface area contributed by atoms with Crippen molar-refractivity contribution < 1.29 is 33.7 Å². The molecule has 11 heteroatoms. The van der Waals surface area contributed by atoms with Crippen molar-refractivity contribution in [3.05, 3.63) is 33.6 Å². The topological polar surface area (TPSA) is 114 Å². The fourth-order valence-electron chi connectivity index (χ4n) is 3.33. The average Bonchev–Trinajstić information content (AvgIpc) is 3.13. The summed E-state index contributed by atoms with van der Waals surface area (Å²) in [7, 11) is 2.53. The van der Waals surface area contributed by atoms with Gasteiger partial charge >= 0.3 is 18.0 Å². The Morgan fingerprint density at radius 1 is 1.22 bits per heavy atom. The third kappa shape index (κ3) is 5.52. The Balaban J connectivity index is 1.82. The molecule has 0 bridgehead atoms. The molecule has 0 spiro atoms. The van der Waals surface area contributed by atoms with Crippen LogP contribution in [0.5, 0.6) is 5.75 Å². The van der Waals surface area contributed by atoms with Crippen molar-refractivity contribution >= 4 is 51.0 Å². The van der Waals surface area contributed by atoms with E-state index in [4.69, 9.17) is 14.6 Å². The maximum atomic E-state index is 12.3. The number of nitrogens with one attached hydrogen (secondary N) is 1. The number of hydrogen-bond donors (Lipinski definition) is 2. The quantitative estimate of drug-likeness (QED) is 0.518. The first-order chi connectivity index (χ1) is 15.3. The molecule has 0 radical (unpaired) electrons. The first-order valence-electron chi connectivity index (χ1n) is 9.79. The largest absolute Gasteiger partial charge is 0.479 e. The Bertz CT molecular complexity index is 1000. The number of nitrogens with zero attached hydrogens (tertiary/aromatic N) is 1. The summed E-state index contributed by atoms with van der Waals surface area (Å²) in [6, 6.07) is 7.84. The molecule has 0 atom stereocenters. The van der Waals surface area contributed by atoms with E-state index in [0.29, 0.717) is 17.6 Å².